The quantitative estimate of drug-likeness (QED) is 0.784. The van der Waals surface area contributed by atoms with Gasteiger partial charge in [-0.05, 0) is 24.1 Å². The summed E-state index contributed by atoms with van der Waals surface area (Å²) in [5, 5.41) is 8.89. The third-order valence-corrected chi connectivity index (χ3v) is 2.31. The number of nitrogens with one attached hydrogen (secondary N) is 1. The zero-order valence-electron chi connectivity index (χ0n) is 8.32. The Morgan fingerprint density at radius 2 is 1.93 bits per heavy atom. The number of H-pyrrole nitrogens is 1. The number of aryl methyl sites for hydroxylation is 1. The van der Waals surface area contributed by atoms with Gasteiger partial charge >= 0.3 is 5.97 Å². The third-order valence-electron chi connectivity index (χ3n) is 2.31. The lowest BCUT2D eigenvalue weighted by Crippen LogP contribution is -1.98. The van der Waals surface area contributed by atoms with Crippen molar-refractivity contribution in [3.63, 3.8) is 0 Å². The predicted octanol–water partition coefficient (Wildman–Crippen LogP) is 2.69. The summed E-state index contributed by atoms with van der Waals surface area (Å²) >= 11 is 0. The van der Waals surface area contributed by atoms with Crippen molar-refractivity contribution in [3.8, 4) is 11.3 Å². The Bertz CT molecular complexity index is 486. The van der Waals surface area contributed by atoms with E-state index in [1.165, 1.54) is 0 Å². The second-order valence-electron chi connectivity index (χ2n) is 3.41. The van der Waals surface area contributed by atoms with Crippen LogP contribution in [0, 0.1) is 6.92 Å². The van der Waals surface area contributed by atoms with Crippen LogP contribution in [0.2, 0.25) is 0 Å². The van der Waals surface area contributed by atoms with Crippen LogP contribution < -0.4 is 0 Å². The number of rotatable bonds is 2. The smallest absolute Gasteiger partial charge is 0.352 e. The summed E-state index contributed by atoms with van der Waals surface area (Å²) in [6.07, 6.45) is 0. The summed E-state index contributed by atoms with van der Waals surface area (Å²) in [6, 6.07) is 11.5. The molecule has 2 aromatic rings. The Balaban J connectivity index is 2.48. The van der Waals surface area contributed by atoms with Crippen molar-refractivity contribution in [3.05, 3.63) is 47.7 Å². The maximum Gasteiger partial charge on any atom is 0.352 e. The second-order valence-corrected chi connectivity index (χ2v) is 3.41. The van der Waals surface area contributed by atoms with Gasteiger partial charge in [0.25, 0.3) is 0 Å². The lowest BCUT2D eigenvalue weighted by atomic mass is 10.1. The van der Waals surface area contributed by atoms with E-state index in [9.17, 15) is 4.79 Å². The first-order valence-corrected chi connectivity index (χ1v) is 4.67. The highest BCUT2D eigenvalue weighted by Gasteiger charge is 2.11. The number of hydrogen-bond acceptors (Lipinski definition) is 1. The highest BCUT2D eigenvalue weighted by atomic mass is 16.4. The summed E-state index contributed by atoms with van der Waals surface area (Å²) in [4.78, 5) is 13.7. The molecule has 0 saturated carbocycles. The molecular weight excluding hydrogens is 190 g/mol. The van der Waals surface area contributed by atoms with Crippen LogP contribution >= 0.6 is 0 Å². The predicted molar refractivity (Wildman–Crippen MR) is 57.9 cm³/mol. The number of carbonyl (C=O) groups is 1. The molecule has 0 amide bonds. The normalized spacial score (nSPS) is 10.2. The Morgan fingerprint density at radius 3 is 2.47 bits per heavy atom. The van der Waals surface area contributed by atoms with Gasteiger partial charge in [0.05, 0.1) is 0 Å². The van der Waals surface area contributed by atoms with Gasteiger partial charge in [-0.2, -0.15) is 0 Å². The van der Waals surface area contributed by atoms with E-state index in [-0.39, 0.29) is 5.69 Å². The summed E-state index contributed by atoms with van der Waals surface area (Å²) in [6.45, 7) is 1.78. The van der Waals surface area contributed by atoms with Gasteiger partial charge in [-0.25, -0.2) is 4.79 Å². The largest absolute Gasteiger partial charge is 0.477 e. The van der Waals surface area contributed by atoms with Crippen LogP contribution in [-0.2, 0) is 0 Å². The number of aromatic amines is 1. The van der Waals surface area contributed by atoms with Gasteiger partial charge in [-0.3, -0.25) is 0 Å². The first kappa shape index (κ1) is 9.52. The van der Waals surface area contributed by atoms with Crippen molar-refractivity contribution < 1.29 is 9.90 Å². The molecular formula is C12H11NO2. The third kappa shape index (κ3) is 1.76. The van der Waals surface area contributed by atoms with Crippen molar-refractivity contribution >= 4 is 5.97 Å². The fraction of sp³-hybridized carbons (Fsp3) is 0.0833. The molecule has 0 aliphatic rings. The van der Waals surface area contributed by atoms with Crippen LogP contribution in [-0.4, -0.2) is 16.1 Å². The van der Waals surface area contributed by atoms with E-state index in [1.54, 1.807) is 6.92 Å². The minimum absolute atomic E-state index is 0.258. The van der Waals surface area contributed by atoms with Crippen molar-refractivity contribution in [2.75, 3.05) is 0 Å². The Morgan fingerprint density at radius 1 is 1.27 bits per heavy atom. The van der Waals surface area contributed by atoms with Gasteiger partial charge in [0.15, 0.2) is 0 Å². The summed E-state index contributed by atoms with van der Waals surface area (Å²) in [5.41, 5.74) is 2.84. The van der Waals surface area contributed by atoms with Crippen LogP contribution in [0.1, 0.15) is 16.1 Å². The van der Waals surface area contributed by atoms with Gasteiger partial charge in [-0.15, -0.1) is 0 Å². The Hall–Kier alpha value is -2.03. The fourth-order valence-corrected chi connectivity index (χ4v) is 1.55. The first-order valence-electron chi connectivity index (χ1n) is 4.67. The molecule has 0 unspecified atom stereocenters. The van der Waals surface area contributed by atoms with E-state index in [1.807, 2.05) is 36.4 Å². The molecule has 0 bridgehead atoms. The van der Waals surface area contributed by atoms with Crippen LogP contribution in [0.3, 0.4) is 0 Å². The number of hydrogen-bond donors (Lipinski definition) is 2. The molecule has 2 rings (SSSR count). The monoisotopic (exact) mass is 201 g/mol. The number of carboxylic acid groups (broad SMARTS) is 1. The van der Waals surface area contributed by atoms with E-state index < -0.39 is 5.97 Å². The number of aromatic nitrogens is 1. The molecule has 76 valence electrons. The van der Waals surface area contributed by atoms with Crippen molar-refractivity contribution in [2.24, 2.45) is 0 Å². The summed E-state index contributed by atoms with van der Waals surface area (Å²) < 4.78 is 0. The number of benzene rings is 1. The molecule has 15 heavy (non-hydrogen) atoms. The molecule has 2 N–H and O–H groups in total. The molecule has 0 spiro atoms. The highest BCUT2D eigenvalue weighted by Crippen LogP contribution is 2.21. The van der Waals surface area contributed by atoms with Crippen molar-refractivity contribution in [2.45, 2.75) is 6.92 Å². The minimum atomic E-state index is -0.922. The van der Waals surface area contributed by atoms with Crippen molar-refractivity contribution in [1.82, 2.24) is 4.98 Å². The van der Waals surface area contributed by atoms with Gasteiger partial charge in [0, 0.05) is 5.69 Å². The van der Waals surface area contributed by atoms with Gasteiger partial charge in [-0.1, -0.05) is 30.3 Å². The minimum Gasteiger partial charge on any atom is -0.477 e. The second kappa shape index (κ2) is 3.61. The molecule has 0 saturated heterocycles. The van der Waals surface area contributed by atoms with Gasteiger partial charge in [0.1, 0.15) is 5.69 Å². The van der Waals surface area contributed by atoms with E-state index >= 15 is 0 Å². The van der Waals surface area contributed by atoms with Crippen molar-refractivity contribution in [1.29, 1.82) is 0 Å². The zero-order valence-corrected chi connectivity index (χ0v) is 8.32. The number of carboxylic acids is 1. The Labute approximate surface area is 87.4 Å². The van der Waals surface area contributed by atoms with E-state index in [4.69, 9.17) is 5.11 Å². The Kier molecular flexibility index (Phi) is 2.29. The van der Waals surface area contributed by atoms with Gasteiger partial charge < -0.3 is 10.1 Å². The SMILES string of the molecule is Cc1cc(-c2ccccc2)[nH]c1C(=O)O. The molecule has 0 aliphatic carbocycles. The van der Waals surface area contributed by atoms with Gasteiger partial charge in [0.2, 0.25) is 0 Å². The van der Waals surface area contributed by atoms with E-state index in [0.717, 1.165) is 16.8 Å². The molecule has 1 aromatic carbocycles. The summed E-state index contributed by atoms with van der Waals surface area (Å²) in [5.74, 6) is -0.922. The van der Waals surface area contributed by atoms with Crippen LogP contribution in [0.5, 0.6) is 0 Å². The molecule has 0 atom stereocenters. The van der Waals surface area contributed by atoms with E-state index in [2.05, 4.69) is 4.98 Å². The lowest BCUT2D eigenvalue weighted by Gasteiger charge is -1.95. The molecule has 0 fully saturated rings. The summed E-state index contributed by atoms with van der Waals surface area (Å²) in [7, 11) is 0. The fourth-order valence-electron chi connectivity index (χ4n) is 1.55. The van der Waals surface area contributed by atoms with E-state index in [0.29, 0.717) is 0 Å². The maximum absolute atomic E-state index is 10.8. The topological polar surface area (TPSA) is 53.1 Å². The molecule has 3 nitrogen and oxygen atoms in total. The average Bonchev–Trinajstić information content (AvgIpc) is 2.62. The highest BCUT2D eigenvalue weighted by molar-refractivity contribution is 5.88. The zero-order chi connectivity index (χ0) is 10.8. The first-order chi connectivity index (χ1) is 7.18. The molecule has 1 heterocycles. The average molecular weight is 201 g/mol. The van der Waals surface area contributed by atoms with Crippen LogP contribution in [0.15, 0.2) is 36.4 Å². The molecule has 0 aliphatic heterocycles. The molecule has 0 radical (unpaired) electrons. The standard InChI is InChI=1S/C12H11NO2/c1-8-7-10(13-11(8)12(14)15)9-5-3-2-4-6-9/h2-7,13H,1H3,(H,14,15). The lowest BCUT2D eigenvalue weighted by molar-refractivity contribution is 0.0690. The molecule has 3 heteroatoms. The van der Waals surface area contributed by atoms with Crippen LogP contribution in [0.4, 0.5) is 0 Å². The number of aromatic carboxylic acids is 1. The molecule has 1 aromatic heterocycles. The van der Waals surface area contributed by atoms with Crippen LogP contribution in [0.25, 0.3) is 11.3 Å². The maximum atomic E-state index is 10.8.